The zero-order valence-corrected chi connectivity index (χ0v) is 20.0. The second kappa shape index (κ2) is 9.17. The minimum Gasteiger partial charge on any atom is -0.486 e. The molecule has 2 fully saturated rings. The Morgan fingerprint density at radius 3 is 2.74 bits per heavy atom. The average molecular weight is 478 g/mol. The highest BCUT2D eigenvalue weighted by Gasteiger charge is 2.29. The van der Waals surface area contributed by atoms with Gasteiger partial charge in [0.1, 0.15) is 18.5 Å². The summed E-state index contributed by atoms with van der Waals surface area (Å²) >= 11 is 0. The minimum atomic E-state index is -0.921. The van der Waals surface area contributed by atoms with Gasteiger partial charge in [-0.2, -0.15) is 0 Å². The Kier molecular flexibility index (Phi) is 5.86. The third-order valence-electron chi connectivity index (χ3n) is 7.45. The summed E-state index contributed by atoms with van der Waals surface area (Å²) in [7, 11) is 0. The molecule has 2 atom stereocenters. The zero-order valence-electron chi connectivity index (χ0n) is 20.0. The predicted octanol–water partition coefficient (Wildman–Crippen LogP) is 4.06. The van der Waals surface area contributed by atoms with Crippen LogP contribution in [0.15, 0.2) is 36.4 Å². The maximum Gasteiger partial charge on any atom is 0.335 e. The molecule has 1 N–H and O–H groups in total. The summed E-state index contributed by atoms with van der Waals surface area (Å²) in [4.78, 5) is 18.9. The lowest BCUT2D eigenvalue weighted by Gasteiger charge is -2.34. The van der Waals surface area contributed by atoms with E-state index in [0.29, 0.717) is 19.1 Å². The van der Waals surface area contributed by atoms with Crippen LogP contribution in [0.2, 0.25) is 0 Å². The normalized spacial score (nSPS) is 22.8. The minimum absolute atomic E-state index is 0.0794. The van der Waals surface area contributed by atoms with E-state index in [4.69, 9.17) is 19.2 Å². The van der Waals surface area contributed by atoms with Crippen LogP contribution < -0.4 is 9.47 Å². The first-order chi connectivity index (χ1) is 17.0. The number of para-hydroxylation sites is 1. The van der Waals surface area contributed by atoms with Gasteiger partial charge in [-0.1, -0.05) is 12.1 Å². The van der Waals surface area contributed by atoms with E-state index in [1.807, 2.05) is 19.1 Å². The van der Waals surface area contributed by atoms with Crippen LogP contribution in [0, 0.1) is 0 Å². The third kappa shape index (κ3) is 4.36. The first-order valence-corrected chi connectivity index (χ1v) is 12.5. The number of likely N-dealkylation sites (tertiary alicyclic amines) is 1. The van der Waals surface area contributed by atoms with Gasteiger partial charge in [0.05, 0.1) is 35.8 Å². The number of hydrogen-bond donors (Lipinski definition) is 1. The number of imidazole rings is 1. The summed E-state index contributed by atoms with van der Waals surface area (Å²) in [5.41, 5.74) is 3.24. The van der Waals surface area contributed by atoms with E-state index < -0.39 is 5.97 Å². The van der Waals surface area contributed by atoms with Gasteiger partial charge in [0.15, 0.2) is 11.5 Å². The van der Waals surface area contributed by atoms with Crippen molar-refractivity contribution in [3.63, 3.8) is 0 Å². The molecule has 0 radical (unpaired) electrons. The Labute approximate surface area is 204 Å². The van der Waals surface area contributed by atoms with Gasteiger partial charge in [0, 0.05) is 12.2 Å². The molecule has 3 aliphatic rings. The maximum atomic E-state index is 11.5. The standard InChI is InChI=1S/C27H31N3O5/c1-17-16-34-26-21(3-2-4-24(26)35-17)18-7-10-29(11-8-18)15-25-28-22-6-5-19(27(31)32)13-23(22)30(25)14-20-9-12-33-20/h2-6,13,17-18,20H,7-12,14-16H2,1H3,(H,31,32). The molecule has 0 aliphatic carbocycles. The van der Waals surface area contributed by atoms with Crippen molar-refractivity contribution in [1.29, 1.82) is 0 Å². The average Bonchev–Trinajstić information content (AvgIpc) is 3.17. The number of nitrogens with zero attached hydrogens (tertiary/aromatic N) is 3. The van der Waals surface area contributed by atoms with Crippen molar-refractivity contribution >= 4 is 17.0 Å². The fourth-order valence-electron chi connectivity index (χ4n) is 5.42. The van der Waals surface area contributed by atoms with E-state index in [1.165, 1.54) is 5.56 Å². The number of fused-ring (bicyclic) bond motifs is 2. The van der Waals surface area contributed by atoms with Gasteiger partial charge in [-0.25, -0.2) is 9.78 Å². The largest absolute Gasteiger partial charge is 0.486 e. The molecule has 6 rings (SSSR count). The van der Waals surface area contributed by atoms with Gasteiger partial charge in [0.25, 0.3) is 0 Å². The molecular formula is C27H31N3O5. The Morgan fingerprint density at radius 1 is 1.17 bits per heavy atom. The monoisotopic (exact) mass is 477 g/mol. The highest BCUT2D eigenvalue weighted by atomic mass is 16.6. The number of carboxylic acids is 1. The number of hydrogen-bond acceptors (Lipinski definition) is 6. The summed E-state index contributed by atoms with van der Waals surface area (Å²) in [6.07, 6.45) is 3.36. The topological polar surface area (TPSA) is 86.1 Å². The molecule has 1 aromatic heterocycles. The Balaban J connectivity index is 1.19. The fourth-order valence-corrected chi connectivity index (χ4v) is 5.42. The lowest BCUT2D eigenvalue weighted by molar-refractivity contribution is -0.0592. The molecule has 3 aromatic rings. The summed E-state index contributed by atoms with van der Waals surface area (Å²) in [6.45, 7) is 6.79. The van der Waals surface area contributed by atoms with E-state index in [2.05, 4.69) is 21.6 Å². The van der Waals surface area contributed by atoms with Crippen LogP contribution in [0.3, 0.4) is 0 Å². The molecular weight excluding hydrogens is 446 g/mol. The lowest BCUT2D eigenvalue weighted by atomic mass is 9.88. The number of carbonyl (C=O) groups is 1. The lowest BCUT2D eigenvalue weighted by Crippen LogP contribution is -2.35. The van der Waals surface area contributed by atoms with Crippen LogP contribution in [0.5, 0.6) is 11.5 Å². The first-order valence-electron chi connectivity index (χ1n) is 12.5. The Morgan fingerprint density at radius 2 is 2.00 bits per heavy atom. The first kappa shape index (κ1) is 22.4. The molecule has 184 valence electrons. The fraction of sp³-hybridized carbons (Fsp3) is 0.481. The number of benzene rings is 2. The van der Waals surface area contributed by atoms with Crippen molar-refractivity contribution in [2.45, 2.75) is 57.4 Å². The van der Waals surface area contributed by atoms with E-state index in [9.17, 15) is 9.90 Å². The zero-order chi connectivity index (χ0) is 23.9. The van der Waals surface area contributed by atoms with E-state index in [-0.39, 0.29) is 17.8 Å². The number of piperidine rings is 1. The van der Waals surface area contributed by atoms with Crippen molar-refractivity contribution < 1.29 is 24.1 Å². The molecule has 2 saturated heterocycles. The smallest absolute Gasteiger partial charge is 0.335 e. The van der Waals surface area contributed by atoms with Crippen LogP contribution >= 0.6 is 0 Å². The molecule has 8 heteroatoms. The molecule has 8 nitrogen and oxygen atoms in total. The van der Waals surface area contributed by atoms with Crippen LogP contribution in [-0.2, 0) is 17.8 Å². The van der Waals surface area contributed by atoms with Gasteiger partial charge in [-0.05, 0) is 69.5 Å². The molecule has 2 unspecified atom stereocenters. The number of rotatable bonds is 6. The van der Waals surface area contributed by atoms with Gasteiger partial charge in [-0.15, -0.1) is 0 Å². The van der Waals surface area contributed by atoms with E-state index >= 15 is 0 Å². The van der Waals surface area contributed by atoms with Crippen molar-refractivity contribution in [3.05, 3.63) is 53.3 Å². The van der Waals surface area contributed by atoms with Crippen LogP contribution in [0.25, 0.3) is 11.0 Å². The van der Waals surface area contributed by atoms with Crippen molar-refractivity contribution in [2.24, 2.45) is 0 Å². The van der Waals surface area contributed by atoms with Gasteiger partial charge >= 0.3 is 5.97 Å². The molecule has 0 saturated carbocycles. The number of ether oxygens (including phenoxy) is 3. The quantitative estimate of drug-likeness (QED) is 0.573. The Bertz CT molecular complexity index is 1240. The summed E-state index contributed by atoms with van der Waals surface area (Å²) < 4.78 is 19.9. The summed E-state index contributed by atoms with van der Waals surface area (Å²) in [5, 5.41) is 9.47. The number of aromatic carboxylic acids is 1. The highest BCUT2D eigenvalue weighted by Crippen LogP contribution is 2.42. The molecule has 0 spiro atoms. The molecule has 0 bridgehead atoms. The van der Waals surface area contributed by atoms with E-state index in [1.54, 1.807) is 12.1 Å². The number of aromatic nitrogens is 2. The summed E-state index contributed by atoms with van der Waals surface area (Å²) in [6, 6.07) is 11.4. The molecule has 0 amide bonds. The SMILES string of the molecule is CC1COc2c(cccc2C2CCN(Cc3nc4ccc(C(=O)O)cc4n3CC3CCO3)CC2)O1. The predicted molar refractivity (Wildman–Crippen MR) is 130 cm³/mol. The molecule has 35 heavy (non-hydrogen) atoms. The maximum absolute atomic E-state index is 11.5. The van der Waals surface area contributed by atoms with Crippen LogP contribution in [0.1, 0.15) is 53.8 Å². The van der Waals surface area contributed by atoms with Gasteiger partial charge in [-0.3, -0.25) is 4.90 Å². The Hall–Kier alpha value is -3.10. The van der Waals surface area contributed by atoms with Crippen molar-refractivity contribution in [3.8, 4) is 11.5 Å². The van der Waals surface area contributed by atoms with Crippen LogP contribution in [-0.4, -0.2) is 64.0 Å². The number of carboxylic acid groups (broad SMARTS) is 1. The van der Waals surface area contributed by atoms with Crippen molar-refractivity contribution in [2.75, 3.05) is 26.3 Å². The van der Waals surface area contributed by atoms with Gasteiger partial charge < -0.3 is 23.9 Å². The molecule has 3 aliphatic heterocycles. The summed E-state index contributed by atoms with van der Waals surface area (Å²) in [5.74, 6) is 2.27. The molecule has 2 aromatic carbocycles. The second-order valence-electron chi connectivity index (χ2n) is 9.89. The second-order valence-corrected chi connectivity index (χ2v) is 9.89. The molecule has 4 heterocycles. The van der Waals surface area contributed by atoms with E-state index in [0.717, 1.165) is 73.9 Å². The third-order valence-corrected chi connectivity index (χ3v) is 7.45. The highest BCUT2D eigenvalue weighted by molar-refractivity contribution is 5.92. The van der Waals surface area contributed by atoms with Gasteiger partial charge in [0.2, 0.25) is 0 Å². The van der Waals surface area contributed by atoms with Crippen LogP contribution in [0.4, 0.5) is 0 Å². The van der Waals surface area contributed by atoms with Crippen molar-refractivity contribution in [1.82, 2.24) is 14.5 Å².